The molecule has 0 aliphatic heterocycles. The van der Waals surface area contributed by atoms with Gasteiger partial charge in [-0.05, 0) is 12.1 Å². The Morgan fingerprint density at radius 2 is 2.12 bits per heavy atom. The summed E-state index contributed by atoms with van der Waals surface area (Å²) in [6, 6.07) is 8.27. The van der Waals surface area contributed by atoms with Gasteiger partial charge in [-0.2, -0.15) is 4.98 Å². The Morgan fingerprint density at radius 1 is 1.29 bits per heavy atom. The predicted molar refractivity (Wildman–Crippen MR) is 88.0 cm³/mol. The number of nitro groups is 1. The van der Waals surface area contributed by atoms with Crippen LogP contribution in [0.1, 0.15) is 5.89 Å². The van der Waals surface area contributed by atoms with Gasteiger partial charge in [-0.1, -0.05) is 40.5 Å². The van der Waals surface area contributed by atoms with Gasteiger partial charge < -0.3 is 9.84 Å². The predicted octanol–water partition coefficient (Wildman–Crippen LogP) is 3.96. The van der Waals surface area contributed by atoms with Crippen LogP contribution < -0.4 is 5.32 Å². The third-order valence-electron chi connectivity index (χ3n) is 3.00. The number of hydrogen-bond donors (Lipinski definition) is 1. The number of nitrogens with one attached hydrogen (secondary N) is 1. The van der Waals surface area contributed by atoms with Crippen LogP contribution in [0, 0.1) is 10.1 Å². The standard InChI is InChI=1S/C14H9Cl2N5O3/c15-9-3-1-2-8(4-9)13-19-12(24-20-13)7-18-14-11(16)5-10(6-17-14)21(22)23/h1-6H,7H2,(H,17,18). The van der Waals surface area contributed by atoms with Gasteiger partial charge in [0.1, 0.15) is 12.0 Å². The summed E-state index contributed by atoms with van der Waals surface area (Å²) in [6.07, 6.45) is 1.11. The van der Waals surface area contributed by atoms with Crippen LogP contribution in [0.4, 0.5) is 11.5 Å². The number of anilines is 1. The Hall–Kier alpha value is -2.71. The molecule has 3 rings (SSSR count). The zero-order valence-corrected chi connectivity index (χ0v) is 13.5. The number of pyridine rings is 1. The quantitative estimate of drug-likeness (QED) is 0.538. The normalized spacial score (nSPS) is 10.6. The van der Waals surface area contributed by atoms with E-state index >= 15 is 0 Å². The van der Waals surface area contributed by atoms with E-state index in [1.165, 1.54) is 6.07 Å². The molecule has 0 saturated heterocycles. The smallest absolute Gasteiger partial charge is 0.289 e. The van der Waals surface area contributed by atoms with Crippen LogP contribution >= 0.6 is 23.2 Å². The van der Waals surface area contributed by atoms with E-state index in [1.807, 2.05) is 6.07 Å². The zero-order valence-electron chi connectivity index (χ0n) is 11.9. The molecule has 1 N–H and O–H groups in total. The summed E-state index contributed by atoms with van der Waals surface area (Å²) in [5.41, 5.74) is 0.538. The molecule has 1 aromatic carbocycles. The van der Waals surface area contributed by atoms with E-state index in [-0.39, 0.29) is 23.1 Å². The Labute approximate surface area is 145 Å². The Morgan fingerprint density at radius 3 is 2.83 bits per heavy atom. The SMILES string of the molecule is O=[N+]([O-])c1cnc(NCc2nc(-c3cccc(Cl)c3)no2)c(Cl)c1. The second-order valence-electron chi connectivity index (χ2n) is 4.66. The van der Waals surface area contributed by atoms with Gasteiger partial charge in [0.15, 0.2) is 0 Å². The highest BCUT2D eigenvalue weighted by Crippen LogP contribution is 2.24. The van der Waals surface area contributed by atoms with Gasteiger partial charge >= 0.3 is 0 Å². The van der Waals surface area contributed by atoms with Gasteiger partial charge in [-0.15, -0.1) is 0 Å². The summed E-state index contributed by atoms with van der Waals surface area (Å²) in [5.74, 6) is 0.989. The molecule has 0 unspecified atom stereocenters. The second-order valence-corrected chi connectivity index (χ2v) is 5.50. The minimum Gasteiger partial charge on any atom is -0.360 e. The summed E-state index contributed by atoms with van der Waals surface area (Å²) in [4.78, 5) is 18.2. The number of nitrogens with zero attached hydrogens (tertiary/aromatic N) is 4. The fourth-order valence-electron chi connectivity index (χ4n) is 1.89. The molecular formula is C14H9Cl2N5O3. The molecule has 0 radical (unpaired) electrons. The van der Waals surface area contributed by atoms with Crippen molar-refractivity contribution in [3.05, 3.63) is 62.6 Å². The summed E-state index contributed by atoms with van der Waals surface area (Å²) >= 11 is 11.9. The van der Waals surface area contributed by atoms with E-state index in [1.54, 1.807) is 18.2 Å². The van der Waals surface area contributed by atoms with Crippen LogP contribution in [0.5, 0.6) is 0 Å². The number of rotatable bonds is 5. The molecule has 8 nitrogen and oxygen atoms in total. The van der Waals surface area contributed by atoms with Crippen LogP contribution in [0.15, 0.2) is 41.1 Å². The van der Waals surface area contributed by atoms with Crippen molar-refractivity contribution >= 4 is 34.7 Å². The first-order chi connectivity index (χ1) is 11.5. The first kappa shape index (κ1) is 16.2. The Balaban J connectivity index is 1.71. The summed E-state index contributed by atoms with van der Waals surface area (Å²) in [7, 11) is 0. The fourth-order valence-corrected chi connectivity index (χ4v) is 2.31. The molecule has 2 aromatic heterocycles. The largest absolute Gasteiger partial charge is 0.360 e. The third kappa shape index (κ3) is 3.61. The fraction of sp³-hybridized carbons (Fsp3) is 0.0714. The van der Waals surface area contributed by atoms with Crippen LogP contribution in [0.2, 0.25) is 10.0 Å². The molecule has 122 valence electrons. The second kappa shape index (κ2) is 6.81. The average Bonchev–Trinajstić information content (AvgIpc) is 3.02. The monoisotopic (exact) mass is 365 g/mol. The highest BCUT2D eigenvalue weighted by Gasteiger charge is 2.13. The first-order valence-electron chi connectivity index (χ1n) is 6.65. The maximum Gasteiger partial charge on any atom is 0.289 e. The summed E-state index contributed by atoms with van der Waals surface area (Å²) in [6.45, 7) is 0.165. The van der Waals surface area contributed by atoms with E-state index < -0.39 is 4.92 Å². The minimum absolute atomic E-state index is 0.124. The lowest BCUT2D eigenvalue weighted by molar-refractivity contribution is -0.385. The van der Waals surface area contributed by atoms with E-state index in [4.69, 9.17) is 27.7 Å². The molecule has 0 amide bonds. The molecule has 0 saturated carbocycles. The first-order valence-corrected chi connectivity index (χ1v) is 7.41. The average molecular weight is 366 g/mol. The van der Waals surface area contributed by atoms with Crippen molar-refractivity contribution in [2.75, 3.05) is 5.32 Å². The van der Waals surface area contributed by atoms with E-state index in [2.05, 4.69) is 20.4 Å². The zero-order chi connectivity index (χ0) is 17.1. The van der Waals surface area contributed by atoms with Crippen LogP contribution in [-0.2, 0) is 6.54 Å². The number of halogens is 2. The third-order valence-corrected chi connectivity index (χ3v) is 3.52. The molecule has 10 heteroatoms. The van der Waals surface area contributed by atoms with Gasteiger partial charge in [0.05, 0.1) is 16.5 Å². The van der Waals surface area contributed by atoms with Crippen LogP contribution in [0.3, 0.4) is 0 Å². The number of benzene rings is 1. The van der Waals surface area contributed by atoms with Gasteiger partial charge in [-0.25, -0.2) is 4.98 Å². The van der Waals surface area contributed by atoms with E-state index in [9.17, 15) is 10.1 Å². The van der Waals surface area contributed by atoms with E-state index in [0.29, 0.717) is 16.7 Å². The molecule has 3 aromatic rings. The van der Waals surface area contributed by atoms with Gasteiger partial charge in [-0.3, -0.25) is 10.1 Å². The van der Waals surface area contributed by atoms with Gasteiger partial charge in [0.2, 0.25) is 11.7 Å². The lowest BCUT2D eigenvalue weighted by Crippen LogP contribution is -2.03. The molecule has 0 aliphatic rings. The van der Waals surface area contributed by atoms with Crippen molar-refractivity contribution in [1.29, 1.82) is 0 Å². The van der Waals surface area contributed by atoms with Crippen molar-refractivity contribution < 1.29 is 9.45 Å². The lowest BCUT2D eigenvalue weighted by atomic mass is 10.2. The highest BCUT2D eigenvalue weighted by molar-refractivity contribution is 6.33. The van der Waals surface area contributed by atoms with Gasteiger partial charge in [0, 0.05) is 16.7 Å². The molecule has 0 atom stereocenters. The van der Waals surface area contributed by atoms with E-state index in [0.717, 1.165) is 11.8 Å². The molecule has 24 heavy (non-hydrogen) atoms. The maximum absolute atomic E-state index is 10.6. The summed E-state index contributed by atoms with van der Waals surface area (Å²) < 4.78 is 5.14. The lowest BCUT2D eigenvalue weighted by Gasteiger charge is -2.03. The Bertz CT molecular complexity index is 900. The van der Waals surface area contributed by atoms with Crippen molar-refractivity contribution in [3.8, 4) is 11.4 Å². The van der Waals surface area contributed by atoms with Crippen molar-refractivity contribution in [1.82, 2.24) is 15.1 Å². The van der Waals surface area contributed by atoms with Crippen molar-refractivity contribution in [2.24, 2.45) is 0 Å². The molecule has 0 aliphatic carbocycles. The maximum atomic E-state index is 10.6. The topological polar surface area (TPSA) is 107 Å². The molecular weight excluding hydrogens is 357 g/mol. The summed E-state index contributed by atoms with van der Waals surface area (Å²) in [5, 5.41) is 18.1. The van der Waals surface area contributed by atoms with Crippen LogP contribution in [0.25, 0.3) is 11.4 Å². The number of aromatic nitrogens is 3. The molecule has 2 heterocycles. The highest BCUT2D eigenvalue weighted by atomic mass is 35.5. The number of hydrogen-bond acceptors (Lipinski definition) is 7. The molecule has 0 bridgehead atoms. The van der Waals surface area contributed by atoms with Gasteiger partial charge in [0.25, 0.3) is 5.69 Å². The minimum atomic E-state index is -0.571. The molecule has 0 spiro atoms. The van der Waals surface area contributed by atoms with Crippen molar-refractivity contribution in [3.63, 3.8) is 0 Å². The van der Waals surface area contributed by atoms with Crippen LogP contribution in [-0.4, -0.2) is 20.0 Å². The Kier molecular flexibility index (Phi) is 4.59. The molecule has 0 fully saturated rings. The van der Waals surface area contributed by atoms with Crippen molar-refractivity contribution in [2.45, 2.75) is 6.54 Å².